The molecule has 0 aliphatic carbocycles. The summed E-state index contributed by atoms with van der Waals surface area (Å²) in [5.74, 6) is 1.06. The lowest BCUT2D eigenvalue weighted by Gasteiger charge is -2.25. The molecule has 2 aromatic carbocycles. The molecule has 3 heterocycles. The number of H-pyrrole nitrogens is 1. The normalized spacial score (nSPS) is 19.3. The number of rotatable bonds is 1. The van der Waals surface area contributed by atoms with E-state index in [0.29, 0.717) is 0 Å². The minimum Gasteiger partial charge on any atom is -0.488 e. The van der Waals surface area contributed by atoms with Gasteiger partial charge in [0.15, 0.2) is 0 Å². The van der Waals surface area contributed by atoms with E-state index in [1.807, 2.05) is 13.8 Å². The summed E-state index contributed by atoms with van der Waals surface area (Å²) >= 11 is 0. The Labute approximate surface area is 144 Å². The third kappa shape index (κ3) is 2.53. The fourth-order valence-electron chi connectivity index (χ4n) is 3.65. The van der Waals surface area contributed by atoms with Crippen LogP contribution in [0, 0.1) is 0 Å². The van der Waals surface area contributed by atoms with Gasteiger partial charge in [-0.25, -0.2) is 0 Å². The first-order valence-corrected chi connectivity index (χ1v) is 9.94. The highest BCUT2D eigenvalue weighted by molar-refractivity contribution is 7.47. The van der Waals surface area contributed by atoms with E-state index in [4.69, 9.17) is 4.74 Å². The van der Waals surface area contributed by atoms with E-state index in [-0.39, 0.29) is 6.04 Å². The Hall–Kier alpha value is -1.83. The van der Waals surface area contributed by atoms with Crippen LogP contribution < -0.4 is 15.4 Å². The van der Waals surface area contributed by atoms with E-state index in [2.05, 4.69) is 52.8 Å². The molecule has 124 valence electrons. The van der Waals surface area contributed by atoms with Crippen LogP contribution in [-0.2, 0) is 6.42 Å². The third-order valence-corrected chi connectivity index (χ3v) is 5.75. The maximum atomic E-state index is 5.64. The van der Waals surface area contributed by atoms with Crippen molar-refractivity contribution in [3.8, 4) is 5.75 Å². The number of fused-ring (bicyclic) bond motifs is 4. The van der Waals surface area contributed by atoms with Crippen molar-refractivity contribution in [2.24, 2.45) is 0 Å². The van der Waals surface area contributed by atoms with Gasteiger partial charge in [-0.15, -0.1) is 0 Å². The monoisotopic (exact) mass is 338 g/mol. The van der Waals surface area contributed by atoms with Crippen LogP contribution in [0.3, 0.4) is 0 Å². The first-order valence-electron chi connectivity index (χ1n) is 8.73. The maximum Gasteiger partial charge on any atom is 0.127 e. The lowest BCUT2D eigenvalue weighted by molar-refractivity contribution is 0.403. The van der Waals surface area contributed by atoms with E-state index >= 15 is 0 Å². The molecule has 1 aromatic heterocycles. The summed E-state index contributed by atoms with van der Waals surface area (Å²) in [6, 6.07) is 15.5. The third-order valence-electron chi connectivity index (χ3n) is 4.69. The quantitative estimate of drug-likeness (QED) is 0.656. The zero-order chi connectivity index (χ0) is 16.5. The zero-order valence-electron chi connectivity index (χ0n) is 14.1. The van der Waals surface area contributed by atoms with Gasteiger partial charge in [0.25, 0.3) is 0 Å². The van der Waals surface area contributed by atoms with Gasteiger partial charge >= 0.3 is 0 Å². The van der Waals surface area contributed by atoms with Crippen molar-refractivity contribution in [2.75, 3.05) is 12.9 Å². The van der Waals surface area contributed by atoms with Crippen LogP contribution in [0.5, 0.6) is 5.75 Å². The summed E-state index contributed by atoms with van der Waals surface area (Å²) in [6.07, 6.45) is 1.93. The highest BCUT2D eigenvalue weighted by Crippen LogP contribution is 2.35. The van der Waals surface area contributed by atoms with Gasteiger partial charge in [-0.05, 0) is 44.3 Å². The molecule has 3 aromatic rings. The van der Waals surface area contributed by atoms with Crippen LogP contribution in [0.1, 0.15) is 36.7 Å². The van der Waals surface area contributed by atoms with Crippen LogP contribution >= 0.6 is 8.58 Å². The second-order valence-corrected chi connectivity index (χ2v) is 7.10. The lowest BCUT2D eigenvalue weighted by Crippen LogP contribution is -2.30. The summed E-state index contributed by atoms with van der Waals surface area (Å²) < 4.78 is 5.64. The van der Waals surface area contributed by atoms with Gasteiger partial charge in [0.05, 0.1) is 6.04 Å². The molecule has 0 saturated heterocycles. The molecular weight excluding hydrogens is 315 g/mol. The number of aromatic nitrogens is 1. The second-order valence-electron chi connectivity index (χ2n) is 5.92. The van der Waals surface area contributed by atoms with E-state index in [0.717, 1.165) is 33.6 Å². The molecule has 0 radical (unpaired) electrons. The van der Waals surface area contributed by atoms with Crippen molar-refractivity contribution in [1.29, 1.82) is 0 Å². The van der Waals surface area contributed by atoms with Gasteiger partial charge in [-0.1, -0.05) is 38.1 Å². The highest BCUT2D eigenvalue weighted by atomic mass is 31.1. The molecule has 1 unspecified atom stereocenters. The maximum absolute atomic E-state index is 5.64. The zero-order valence-corrected chi connectivity index (χ0v) is 15.1. The van der Waals surface area contributed by atoms with Crippen molar-refractivity contribution in [3.05, 3.63) is 59.3 Å². The van der Waals surface area contributed by atoms with E-state index < -0.39 is 0 Å². The van der Waals surface area contributed by atoms with Crippen LogP contribution in [0.15, 0.2) is 42.5 Å². The minimum absolute atomic E-state index is 0.256. The predicted octanol–water partition coefficient (Wildman–Crippen LogP) is 4.08. The SMILES string of the molecule is CC.c1ccc2c3c([nH]c2c1)[C@@H](c1ccc2c(c1)PCO2)NCC3. The minimum atomic E-state index is 0.256. The van der Waals surface area contributed by atoms with Crippen LogP contribution in [-0.4, -0.2) is 17.9 Å². The molecule has 5 rings (SSSR count). The molecule has 2 atom stereocenters. The molecule has 0 fully saturated rings. The first kappa shape index (κ1) is 15.7. The van der Waals surface area contributed by atoms with E-state index in [9.17, 15) is 0 Å². The molecule has 0 amide bonds. The topological polar surface area (TPSA) is 37.0 Å². The fraction of sp³-hybridized carbons (Fsp3) is 0.300. The van der Waals surface area contributed by atoms with Crippen LogP contribution in [0.2, 0.25) is 0 Å². The Morgan fingerprint density at radius 3 is 2.92 bits per heavy atom. The standard InChI is InChI=1S/C18H17N2OP.C2H6/c1-2-4-14-12(3-1)13-7-8-19-17(18(13)20-14)11-5-6-15-16(9-11)22-10-21-15;1-2/h1-6,9,17,19-20,22H,7-8,10H2;1-2H3/t17-;/m1./s1. The van der Waals surface area contributed by atoms with Gasteiger partial charge in [0, 0.05) is 28.4 Å². The van der Waals surface area contributed by atoms with Crippen molar-refractivity contribution < 1.29 is 4.74 Å². The number of hydrogen-bond acceptors (Lipinski definition) is 2. The molecule has 24 heavy (non-hydrogen) atoms. The molecular formula is C20H23N2OP. The molecule has 0 bridgehead atoms. The highest BCUT2D eigenvalue weighted by Gasteiger charge is 2.26. The molecule has 0 saturated carbocycles. The Morgan fingerprint density at radius 2 is 2.00 bits per heavy atom. The van der Waals surface area contributed by atoms with Gasteiger partial charge < -0.3 is 15.0 Å². The summed E-state index contributed by atoms with van der Waals surface area (Å²) in [5, 5.41) is 6.41. The van der Waals surface area contributed by atoms with Gasteiger partial charge in [-0.2, -0.15) is 0 Å². The van der Waals surface area contributed by atoms with Gasteiger partial charge in [-0.3, -0.25) is 0 Å². The summed E-state index contributed by atoms with van der Waals surface area (Å²) in [4.78, 5) is 3.64. The largest absolute Gasteiger partial charge is 0.488 e. The summed E-state index contributed by atoms with van der Waals surface area (Å²) in [7, 11) is 0.774. The van der Waals surface area contributed by atoms with E-state index in [1.165, 1.54) is 33.0 Å². The molecule has 2 aliphatic heterocycles. The number of para-hydroxylation sites is 1. The Balaban J connectivity index is 0.000000704. The van der Waals surface area contributed by atoms with Crippen LogP contribution in [0.25, 0.3) is 10.9 Å². The van der Waals surface area contributed by atoms with Crippen molar-refractivity contribution in [2.45, 2.75) is 26.3 Å². The first-order chi connectivity index (χ1) is 11.9. The predicted molar refractivity (Wildman–Crippen MR) is 103 cm³/mol. The number of hydrogen-bond donors (Lipinski definition) is 2. The average Bonchev–Trinajstić information content (AvgIpc) is 3.26. The van der Waals surface area contributed by atoms with Crippen LogP contribution in [0.4, 0.5) is 0 Å². The Kier molecular flexibility index (Phi) is 4.30. The molecule has 0 spiro atoms. The summed E-state index contributed by atoms with van der Waals surface area (Å²) in [6.45, 7) is 5.02. The van der Waals surface area contributed by atoms with Crippen molar-refractivity contribution in [3.63, 3.8) is 0 Å². The molecule has 2 N–H and O–H groups in total. The molecule has 4 heteroatoms. The lowest BCUT2D eigenvalue weighted by atomic mass is 9.94. The summed E-state index contributed by atoms with van der Waals surface area (Å²) in [5.41, 5.74) is 5.38. The number of ether oxygens (including phenoxy) is 1. The van der Waals surface area contributed by atoms with Crippen molar-refractivity contribution in [1.82, 2.24) is 10.3 Å². The van der Waals surface area contributed by atoms with Gasteiger partial charge in [0.1, 0.15) is 12.1 Å². The Bertz CT molecular complexity index is 871. The van der Waals surface area contributed by atoms with Gasteiger partial charge in [0.2, 0.25) is 0 Å². The number of aromatic amines is 1. The number of nitrogens with one attached hydrogen (secondary N) is 2. The molecule has 3 nitrogen and oxygen atoms in total. The second kappa shape index (κ2) is 6.58. The fourth-order valence-corrected chi connectivity index (χ4v) is 4.63. The molecule has 2 aliphatic rings. The number of benzene rings is 2. The Morgan fingerprint density at radius 1 is 1.12 bits per heavy atom. The van der Waals surface area contributed by atoms with Crippen molar-refractivity contribution >= 4 is 24.8 Å². The smallest absolute Gasteiger partial charge is 0.127 e. The average molecular weight is 338 g/mol. The van der Waals surface area contributed by atoms with E-state index in [1.54, 1.807) is 0 Å².